The SMILES string of the molecule is O=C(N[C@H](CN1CCCC1=O)c1ccccc1)c1ccc(F)cc1Cl. The molecule has 1 fully saturated rings. The summed E-state index contributed by atoms with van der Waals surface area (Å²) < 4.78 is 13.2. The molecule has 1 N–H and O–H groups in total. The van der Waals surface area contributed by atoms with E-state index in [1.807, 2.05) is 30.3 Å². The first-order valence-electron chi connectivity index (χ1n) is 8.13. The molecule has 1 saturated heterocycles. The summed E-state index contributed by atoms with van der Waals surface area (Å²) in [5.41, 5.74) is 1.10. The van der Waals surface area contributed by atoms with Gasteiger partial charge in [0.05, 0.1) is 16.6 Å². The highest BCUT2D eigenvalue weighted by molar-refractivity contribution is 6.33. The molecule has 4 nitrogen and oxygen atoms in total. The number of likely N-dealkylation sites (tertiary alicyclic amines) is 1. The van der Waals surface area contributed by atoms with Crippen molar-refractivity contribution >= 4 is 23.4 Å². The summed E-state index contributed by atoms with van der Waals surface area (Å²) in [6.07, 6.45) is 1.37. The van der Waals surface area contributed by atoms with Crippen LogP contribution in [0.4, 0.5) is 4.39 Å². The molecule has 1 heterocycles. The average molecular weight is 361 g/mol. The maximum absolute atomic E-state index is 13.2. The monoisotopic (exact) mass is 360 g/mol. The van der Waals surface area contributed by atoms with Crippen LogP contribution in [0.2, 0.25) is 5.02 Å². The van der Waals surface area contributed by atoms with Crippen LogP contribution >= 0.6 is 11.6 Å². The summed E-state index contributed by atoms with van der Waals surface area (Å²) in [4.78, 5) is 26.3. The zero-order valence-corrected chi connectivity index (χ0v) is 14.3. The Morgan fingerprint density at radius 1 is 1.24 bits per heavy atom. The lowest BCUT2D eigenvalue weighted by molar-refractivity contribution is -0.128. The van der Waals surface area contributed by atoms with Crippen LogP contribution < -0.4 is 5.32 Å². The smallest absolute Gasteiger partial charge is 0.253 e. The second-order valence-electron chi connectivity index (χ2n) is 6.00. The molecule has 0 aromatic heterocycles. The van der Waals surface area contributed by atoms with Gasteiger partial charge >= 0.3 is 0 Å². The first kappa shape index (κ1) is 17.4. The Hall–Kier alpha value is -2.40. The molecular weight excluding hydrogens is 343 g/mol. The Morgan fingerprint density at radius 2 is 2.00 bits per heavy atom. The van der Waals surface area contributed by atoms with Crippen LogP contribution in [0.1, 0.15) is 34.8 Å². The summed E-state index contributed by atoms with van der Waals surface area (Å²) in [7, 11) is 0. The number of halogens is 2. The molecule has 1 aliphatic rings. The van der Waals surface area contributed by atoms with Gasteiger partial charge in [0.2, 0.25) is 5.91 Å². The third kappa shape index (κ3) is 4.17. The third-order valence-corrected chi connectivity index (χ3v) is 4.57. The predicted molar refractivity (Wildman–Crippen MR) is 93.9 cm³/mol. The van der Waals surface area contributed by atoms with Crippen LogP contribution in [-0.4, -0.2) is 29.8 Å². The van der Waals surface area contributed by atoms with Crippen molar-refractivity contribution in [1.29, 1.82) is 0 Å². The average Bonchev–Trinajstić information content (AvgIpc) is 3.00. The van der Waals surface area contributed by atoms with Crippen LogP contribution in [0.25, 0.3) is 0 Å². The van der Waals surface area contributed by atoms with Crippen molar-refractivity contribution < 1.29 is 14.0 Å². The van der Waals surface area contributed by atoms with Gasteiger partial charge in [0.25, 0.3) is 5.91 Å². The molecule has 6 heteroatoms. The zero-order valence-electron chi connectivity index (χ0n) is 13.5. The van der Waals surface area contributed by atoms with Gasteiger partial charge in [-0.3, -0.25) is 9.59 Å². The van der Waals surface area contributed by atoms with E-state index < -0.39 is 11.7 Å². The van der Waals surface area contributed by atoms with Gasteiger partial charge in [-0.05, 0) is 30.2 Å². The fourth-order valence-electron chi connectivity index (χ4n) is 2.95. The molecule has 0 unspecified atom stereocenters. The lowest BCUT2D eigenvalue weighted by Gasteiger charge is -2.25. The molecule has 130 valence electrons. The molecule has 3 rings (SSSR count). The molecule has 1 atom stereocenters. The lowest BCUT2D eigenvalue weighted by Crippen LogP contribution is -2.38. The number of benzene rings is 2. The van der Waals surface area contributed by atoms with Crippen molar-refractivity contribution in [3.63, 3.8) is 0 Å². The molecular formula is C19H18ClFN2O2. The van der Waals surface area contributed by atoms with Crippen molar-refractivity contribution in [2.45, 2.75) is 18.9 Å². The van der Waals surface area contributed by atoms with Crippen LogP contribution in [0.5, 0.6) is 0 Å². The first-order chi connectivity index (χ1) is 12.0. The van der Waals surface area contributed by atoms with Crippen LogP contribution in [0.3, 0.4) is 0 Å². The van der Waals surface area contributed by atoms with E-state index in [4.69, 9.17) is 11.6 Å². The summed E-state index contributed by atoms with van der Waals surface area (Å²) in [6, 6.07) is 12.7. The van der Waals surface area contributed by atoms with Gasteiger partial charge in [-0.25, -0.2) is 4.39 Å². The van der Waals surface area contributed by atoms with Crippen molar-refractivity contribution in [3.05, 3.63) is 70.5 Å². The van der Waals surface area contributed by atoms with E-state index in [9.17, 15) is 14.0 Å². The summed E-state index contributed by atoms with van der Waals surface area (Å²) in [6.45, 7) is 1.09. The maximum Gasteiger partial charge on any atom is 0.253 e. The van der Waals surface area contributed by atoms with E-state index in [0.717, 1.165) is 18.1 Å². The summed E-state index contributed by atoms with van der Waals surface area (Å²) in [5, 5.41) is 2.97. The number of carbonyl (C=O) groups excluding carboxylic acids is 2. The summed E-state index contributed by atoms with van der Waals surface area (Å²) >= 11 is 5.98. The van der Waals surface area contributed by atoms with E-state index in [1.54, 1.807) is 4.90 Å². The highest BCUT2D eigenvalue weighted by atomic mass is 35.5. The van der Waals surface area contributed by atoms with Gasteiger partial charge in [-0.2, -0.15) is 0 Å². The van der Waals surface area contributed by atoms with Crippen molar-refractivity contribution in [3.8, 4) is 0 Å². The molecule has 25 heavy (non-hydrogen) atoms. The molecule has 0 aliphatic carbocycles. The zero-order chi connectivity index (χ0) is 17.8. The standard InChI is InChI=1S/C19H18ClFN2O2/c20-16-11-14(21)8-9-15(16)19(25)22-17(13-5-2-1-3-6-13)12-23-10-4-7-18(23)24/h1-3,5-6,8-9,11,17H,4,7,10,12H2,(H,22,25)/t17-/m1/s1. The Bertz CT molecular complexity index is 782. The van der Waals surface area contributed by atoms with E-state index in [0.29, 0.717) is 19.5 Å². The Morgan fingerprint density at radius 3 is 2.64 bits per heavy atom. The topological polar surface area (TPSA) is 49.4 Å². The first-order valence-corrected chi connectivity index (χ1v) is 8.51. The molecule has 0 spiro atoms. The molecule has 2 aromatic carbocycles. The van der Waals surface area contributed by atoms with Crippen molar-refractivity contribution in [2.24, 2.45) is 0 Å². The van der Waals surface area contributed by atoms with Crippen LogP contribution in [-0.2, 0) is 4.79 Å². The molecule has 0 saturated carbocycles. The number of rotatable bonds is 5. The van der Waals surface area contributed by atoms with Gasteiger partial charge in [0.15, 0.2) is 0 Å². The van der Waals surface area contributed by atoms with Crippen molar-refractivity contribution in [1.82, 2.24) is 10.2 Å². The highest BCUT2D eigenvalue weighted by Crippen LogP contribution is 2.21. The Kier molecular flexibility index (Phi) is 5.34. The third-order valence-electron chi connectivity index (χ3n) is 4.26. The fourth-order valence-corrected chi connectivity index (χ4v) is 3.20. The highest BCUT2D eigenvalue weighted by Gasteiger charge is 2.26. The number of nitrogens with zero attached hydrogens (tertiary/aromatic N) is 1. The van der Waals surface area contributed by atoms with Gasteiger partial charge < -0.3 is 10.2 Å². The second-order valence-corrected chi connectivity index (χ2v) is 6.41. The number of amides is 2. The van der Waals surface area contributed by atoms with Gasteiger partial charge in [-0.1, -0.05) is 41.9 Å². The normalized spacial score (nSPS) is 15.3. The predicted octanol–water partition coefficient (Wildman–Crippen LogP) is 3.57. The molecule has 2 amide bonds. The minimum Gasteiger partial charge on any atom is -0.343 e. The quantitative estimate of drug-likeness (QED) is 0.886. The van der Waals surface area contributed by atoms with E-state index in [-0.39, 0.29) is 22.5 Å². The van der Waals surface area contributed by atoms with Crippen LogP contribution in [0, 0.1) is 5.82 Å². The van der Waals surface area contributed by atoms with E-state index in [2.05, 4.69) is 5.32 Å². The molecule has 0 radical (unpaired) electrons. The largest absolute Gasteiger partial charge is 0.343 e. The van der Waals surface area contributed by atoms with Crippen molar-refractivity contribution in [2.75, 3.05) is 13.1 Å². The number of carbonyl (C=O) groups is 2. The molecule has 0 bridgehead atoms. The maximum atomic E-state index is 13.2. The Balaban J connectivity index is 1.81. The number of nitrogens with one attached hydrogen (secondary N) is 1. The number of hydrogen-bond acceptors (Lipinski definition) is 2. The van der Waals surface area contributed by atoms with Crippen LogP contribution in [0.15, 0.2) is 48.5 Å². The Labute approximate surface area is 150 Å². The molecule has 2 aromatic rings. The van der Waals surface area contributed by atoms with Gasteiger partial charge in [-0.15, -0.1) is 0 Å². The van der Waals surface area contributed by atoms with Gasteiger partial charge in [0.1, 0.15) is 5.82 Å². The number of hydrogen-bond donors (Lipinski definition) is 1. The minimum absolute atomic E-state index is 0.0570. The minimum atomic E-state index is -0.496. The van der Waals surface area contributed by atoms with Gasteiger partial charge in [0, 0.05) is 19.5 Å². The second kappa shape index (κ2) is 7.66. The van der Waals surface area contributed by atoms with E-state index in [1.165, 1.54) is 12.1 Å². The lowest BCUT2D eigenvalue weighted by atomic mass is 10.1. The summed E-state index contributed by atoms with van der Waals surface area (Å²) in [5.74, 6) is -0.802. The fraction of sp³-hybridized carbons (Fsp3) is 0.263. The molecule has 1 aliphatic heterocycles. The van der Waals surface area contributed by atoms with E-state index >= 15 is 0 Å².